The number of hydrogen-bond acceptors (Lipinski definition) is 5. The molecule has 7 nitrogen and oxygen atoms in total. The Balaban J connectivity index is 1.50. The summed E-state index contributed by atoms with van der Waals surface area (Å²) in [6.07, 6.45) is 10.2. The number of nitrogens with zero attached hydrogens (tertiary/aromatic N) is 2. The van der Waals surface area contributed by atoms with E-state index in [4.69, 9.17) is 4.74 Å². The topological polar surface area (TPSA) is 87.1 Å². The van der Waals surface area contributed by atoms with Gasteiger partial charge in [0.15, 0.2) is 0 Å². The monoisotopic (exact) mass is 484 g/mol. The minimum Gasteiger partial charge on any atom is -0.462 e. The van der Waals surface area contributed by atoms with Gasteiger partial charge in [0.25, 0.3) is 11.8 Å². The smallest absolute Gasteiger partial charge is 0.305 e. The lowest BCUT2D eigenvalue weighted by Crippen LogP contribution is -2.53. The van der Waals surface area contributed by atoms with Crippen LogP contribution in [0.25, 0.3) is 0 Å². The van der Waals surface area contributed by atoms with Crippen molar-refractivity contribution in [2.24, 2.45) is 23.2 Å². The molecule has 3 fully saturated rings. The lowest BCUT2D eigenvalue weighted by Gasteiger charge is -2.46. The SMILES string of the molecule is CCC(=O)OC1CCC2=C(C1)[C@H](/C=C1\CCCC3(C)C1CCC3[C@H](C)CO)N1C(=O)CC(=O)N1C2. The average Bonchev–Trinajstić information content (AvgIpc) is 3.34. The molecule has 0 aromatic heterocycles. The van der Waals surface area contributed by atoms with Crippen LogP contribution in [0.2, 0.25) is 0 Å². The van der Waals surface area contributed by atoms with Crippen LogP contribution < -0.4 is 0 Å². The van der Waals surface area contributed by atoms with E-state index >= 15 is 0 Å². The summed E-state index contributed by atoms with van der Waals surface area (Å²) in [5.41, 5.74) is 3.97. The molecule has 5 aliphatic rings. The Hall–Kier alpha value is -2.15. The third-order valence-electron chi connectivity index (χ3n) is 9.71. The highest BCUT2D eigenvalue weighted by molar-refractivity contribution is 6.03. The van der Waals surface area contributed by atoms with Crippen LogP contribution in [0, 0.1) is 23.2 Å². The zero-order chi connectivity index (χ0) is 24.9. The number of rotatable bonds is 5. The fourth-order valence-electron chi connectivity index (χ4n) is 7.94. The molecule has 6 atom stereocenters. The molecule has 2 amide bonds. The first-order valence-electron chi connectivity index (χ1n) is 13.6. The Morgan fingerprint density at radius 1 is 1.23 bits per heavy atom. The van der Waals surface area contributed by atoms with Crippen LogP contribution in [0.4, 0.5) is 0 Å². The summed E-state index contributed by atoms with van der Waals surface area (Å²) < 4.78 is 5.72. The molecule has 35 heavy (non-hydrogen) atoms. The third-order valence-corrected chi connectivity index (χ3v) is 9.71. The molecule has 5 rings (SSSR count). The quantitative estimate of drug-likeness (QED) is 0.363. The molecule has 4 unspecified atom stereocenters. The molecule has 0 radical (unpaired) electrons. The molecule has 2 aliphatic heterocycles. The van der Waals surface area contributed by atoms with Gasteiger partial charge in [0.2, 0.25) is 0 Å². The number of esters is 1. The van der Waals surface area contributed by atoms with E-state index in [2.05, 4.69) is 19.9 Å². The zero-order valence-corrected chi connectivity index (χ0v) is 21.4. The number of allylic oxidation sites excluding steroid dienone is 1. The highest BCUT2D eigenvalue weighted by Crippen LogP contribution is 2.59. The van der Waals surface area contributed by atoms with E-state index in [1.54, 1.807) is 10.0 Å². The van der Waals surface area contributed by atoms with Crippen molar-refractivity contribution in [3.63, 3.8) is 0 Å². The molecule has 0 bridgehead atoms. The number of hydrogen-bond donors (Lipinski definition) is 1. The van der Waals surface area contributed by atoms with Gasteiger partial charge in [-0.1, -0.05) is 32.4 Å². The van der Waals surface area contributed by atoms with Crippen molar-refractivity contribution in [3.8, 4) is 0 Å². The van der Waals surface area contributed by atoms with E-state index in [9.17, 15) is 19.5 Å². The van der Waals surface area contributed by atoms with Crippen molar-refractivity contribution in [2.45, 2.75) is 97.1 Å². The summed E-state index contributed by atoms with van der Waals surface area (Å²) in [5.74, 6) is 0.802. The van der Waals surface area contributed by atoms with Gasteiger partial charge in [-0.3, -0.25) is 14.4 Å². The molecule has 1 saturated heterocycles. The van der Waals surface area contributed by atoms with E-state index in [1.807, 2.05) is 6.92 Å². The first kappa shape index (κ1) is 24.5. The number of ether oxygens (including phenoxy) is 1. The highest BCUT2D eigenvalue weighted by Gasteiger charge is 2.52. The molecule has 0 aromatic carbocycles. The second kappa shape index (κ2) is 9.38. The van der Waals surface area contributed by atoms with Crippen molar-refractivity contribution < 1.29 is 24.2 Å². The van der Waals surface area contributed by atoms with Crippen LogP contribution in [-0.2, 0) is 19.1 Å². The molecule has 192 valence electrons. The number of carbonyl (C=O) groups is 3. The summed E-state index contributed by atoms with van der Waals surface area (Å²) in [5, 5.41) is 13.2. The summed E-state index contributed by atoms with van der Waals surface area (Å²) in [6.45, 7) is 7.08. The Morgan fingerprint density at radius 3 is 2.77 bits per heavy atom. The van der Waals surface area contributed by atoms with Crippen molar-refractivity contribution in [2.75, 3.05) is 13.2 Å². The van der Waals surface area contributed by atoms with Gasteiger partial charge in [0.1, 0.15) is 12.5 Å². The van der Waals surface area contributed by atoms with E-state index < -0.39 is 0 Å². The van der Waals surface area contributed by atoms with Gasteiger partial charge < -0.3 is 9.84 Å². The van der Waals surface area contributed by atoms with Gasteiger partial charge in [-0.15, -0.1) is 0 Å². The molecular formula is C28H40N2O5. The van der Waals surface area contributed by atoms with E-state index in [1.165, 1.54) is 23.1 Å². The number of fused-ring (bicyclic) bond motifs is 2. The Bertz CT molecular complexity index is 970. The molecule has 0 spiro atoms. The summed E-state index contributed by atoms with van der Waals surface area (Å²) in [4.78, 5) is 37.7. The predicted molar refractivity (Wildman–Crippen MR) is 131 cm³/mol. The van der Waals surface area contributed by atoms with Crippen molar-refractivity contribution in [3.05, 3.63) is 22.8 Å². The number of hydrazine groups is 1. The minimum absolute atomic E-state index is 0.0638. The molecule has 2 saturated carbocycles. The average molecular weight is 485 g/mol. The fraction of sp³-hybridized carbons (Fsp3) is 0.750. The van der Waals surface area contributed by atoms with Gasteiger partial charge in [0, 0.05) is 19.4 Å². The molecular weight excluding hydrogens is 444 g/mol. The molecule has 1 N–H and O–H groups in total. The van der Waals surface area contributed by atoms with Gasteiger partial charge in [-0.05, 0) is 79.3 Å². The van der Waals surface area contributed by atoms with Crippen molar-refractivity contribution in [1.82, 2.24) is 10.0 Å². The number of aliphatic hydroxyl groups is 1. The minimum atomic E-state index is -0.271. The van der Waals surface area contributed by atoms with Gasteiger partial charge in [-0.2, -0.15) is 0 Å². The standard InChI is InChI=1S/C28H40N2O5/c1-4-27(34)35-20-8-7-19-15-29-25(32)14-26(33)30(29)24(21(19)13-20)12-18-6-5-11-28(3)22(17(2)16-31)9-10-23(18)28/h12,17,20,22-24,31H,4-11,13-16H2,1-3H3/b18-12+/t17-,20?,22?,23?,24+,28?/m1/s1. The molecule has 2 heterocycles. The Kier molecular flexibility index (Phi) is 6.58. The maximum Gasteiger partial charge on any atom is 0.305 e. The van der Waals surface area contributed by atoms with Gasteiger partial charge >= 0.3 is 5.97 Å². The maximum atomic E-state index is 13.0. The first-order valence-corrected chi connectivity index (χ1v) is 13.6. The molecule has 0 aromatic rings. The Labute approximate surface area is 208 Å². The normalized spacial score (nSPS) is 36.9. The summed E-state index contributed by atoms with van der Waals surface area (Å²) in [7, 11) is 0. The van der Waals surface area contributed by atoms with Crippen molar-refractivity contribution >= 4 is 17.8 Å². The maximum absolute atomic E-state index is 13.0. The second-order valence-electron chi connectivity index (χ2n) is 11.6. The number of amides is 2. The number of aliphatic hydroxyl groups excluding tert-OH is 1. The third kappa shape index (κ3) is 4.13. The lowest BCUT2D eigenvalue weighted by atomic mass is 9.61. The van der Waals surface area contributed by atoms with Crippen LogP contribution in [0.15, 0.2) is 22.8 Å². The highest BCUT2D eigenvalue weighted by atomic mass is 16.5. The summed E-state index contributed by atoms with van der Waals surface area (Å²) in [6, 6.07) is -0.271. The fourth-order valence-corrected chi connectivity index (χ4v) is 7.94. The van der Waals surface area contributed by atoms with Crippen LogP contribution in [0.3, 0.4) is 0 Å². The van der Waals surface area contributed by atoms with E-state index in [0.29, 0.717) is 31.2 Å². The zero-order valence-electron chi connectivity index (χ0n) is 21.4. The van der Waals surface area contributed by atoms with Crippen LogP contribution in [0.1, 0.15) is 85.0 Å². The lowest BCUT2D eigenvalue weighted by molar-refractivity contribution is -0.152. The van der Waals surface area contributed by atoms with Crippen molar-refractivity contribution in [1.29, 1.82) is 0 Å². The Morgan fingerprint density at radius 2 is 2.03 bits per heavy atom. The van der Waals surface area contributed by atoms with Gasteiger partial charge in [-0.25, -0.2) is 10.0 Å². The van der Waals surface area contributed by atoms with Crippen LogP contribution >= 0.6 is 0 Å². The second-order valence-corrected chi connectivity index (χ2v) is 11.6. The summed E-state index contributed by atoms with van der Waals surface area (Å²) >= 11 is 0. The van der Waals surface area contributed by atoms with Gasteiger partial charge in [0.05, 0.1) is 12.6 Å². The first-order chi connectivity index (χ1) is 16.8. The molecule has 3 aliphatic carbocycles. The van der Waals surface area contributed by atoms with E-state index in [0.717, 1.165) is 38.5 Å². The number of carbonyl (C=O) groups excluding carboxylic acids is 3. The predicted octanol–water partition coefficient (Wildman–Crippen LogP) is 3.92. The largest absolute Gasteiger partial charge is 0.462 e. The molecule has 7 heteroatoms. The van der Waals surface area contributed by atoms with Crippen LogP contribution in [-0.4, -0.2) is 58.2 Å². The van der Waals surface area contributed by atoms with E-state index in [-0.39, 0.29) is 54.3 Å². The van der Waals surface area contributed by atoms with Crippen LogP contribution in [0.5, 0.6) is 0 Å².